The molecule has 1 aromatic rings. The van der Waals surface area contributed by atoms with Crippen molar-refractivity contribution in [1.82, 2.24) is 0 Å². The quantitative estimate of drug-likeness (QED) is 0.636. The molecule has 0 spiro atoms. The highest BCUT2D eigenvalue weighted by molar-refractivity contribution is 5.48. The van der Waals surface area contributed by atoms with Crippen LogP contribution < -0.4 is 0 Å². The molecule has 1 aromatic carbocycles. The lowest BCUT2D eigenvalue weighted by Gasteiger charge is -2.12. The van der Waals surface area contributed by atoms with E-state index in [0.717, 1.165) is 31.2 Å². The summed E-state index contributed by atoms with van der Waals surface area (Å²) < 4.78 is 0. The van der Waals surface area contributed by atoms with Crippen molar-refractivity contribution in [2.45, 2.75) is 66.7 Å². The van der Waals surface area contributed by atoms with Crippen LogP contribution in [0.3, 0.4) is 0 Å². The highest BCUT2D eigenvalue weighted by Gasteiger charge is 2.11. The van der Waals surface area contributed by atoms with E-state index in [2.05, 4.69) is 40.7 Å². The molecule has 0 unspecified atom stereocenters. The van der Waals surface area contributed by atoms with Gasteiger partial charge in [-0.25, -0.2) is 0 Å². The zero-order chi connectivity index (χ0) is 16.7. The summed E-state index contributed by atoms with van der Waals surface area (Å²) in [5.74, 6) is 0.416. The third-order valence-electron chi connectivity index (χ3n) is 4.04. The van der Waals surface area contributed by atoms with E-state index in [1.165, 1.54) is 16.7 Å². The van der Waals surface area contributed by atoms with Crippen molar-refractivity contribution < 1.29 is 10.2 Å². The van der Waals surface area contributed by atoms with Crippen LogP contribution >= 0.6 is 0 Å². The molecule has 0 aliphatic rings. The van der Waals surface area contributed by atoms with Crippen LogP contribution in [0.15, 0.2) is 34.9 Å². The van der Waals surface area contributed by atoms with Crippen LogP contribution in [0.4, 0.5) is 0 Å². The second kappa shape index (κ2) is 8.67. The molecule has 0 radical (unpaired) electrons. The number of hydrogen-bond donors (Lipinski definition) is 2. The number of hydrogen-bond acceptors (Lipinski definition) is 2. The summed E-state index contributed by atoms with van der Waals surface area (Å²) in [6.45, 7) is 10.5. The Morgan fingerprint density at radius 3 is 2.09 bits per heavy atom. The summed E-state index contributed by atoms with van der Waals surface area (Å²) in [4.78, 5) is 0. The first-order chi connectivity index (χ1) is 10.3. The number of aromatic hydroxyl groups is 2. The van der Waals surface area contributed by atoms with E-state index in [4.69, 9.17) is 0 Å². The fraction of sp³-hybridized carbons (Fsp3) is 0.500. The molecular formula is C20H30O2. The van der Waals surface area contributed by atoms with E-state index < -0.39 is 0 Å². The predicted octanol–water partition coefficient (Wildman–Crippen LogP) is 5.68. The Kier molecular flexibility index (Phi) is 7.23. The first-order valence-corrected chi connectivity index (χ1v) is 8.17. The molecular weight excluding hydrogens is 272 g/mol. The maximum atomic E-state index is 10.2. The van der Waals surface area contributed by atoms with Gasteiger partial charge in [0, 0.05) is 12.0 Å². The SMILES string of the molecule is CCCc1cc(O)c(C/C(C)=C(\C)CCC=C(C)C)c(O)c1. The van der Waals surface area contributed by atoms with Crippen LogP contribution in [0.5, 0.6) is 11.5 Å². The fourth-order valence-electron chi connectivity index (χ4n) is 2.52. The third-order valence-corrected chi connectivity index (χ3v) is 4.04. The van der Waals surface area contributed by atoms with Gasteiger partial charge in [0.25, 0.3) is 0 Å². The van der Waals surface area contributed by atoms with Crippen molar-refractivity contribution >= 4 is 0 Å². The van der Waals surface area contributed by atoms with E-state index in [9.17, 15) is 10.2 Å². The minimum atomic E-state index is 0.208. The zero-order valence-corrected chi connectivity index (χ0v) is 14.7. The summed E-state index contributed by atoms with van der Waals surface area (Å²) in [6, 6.07) is 3.56. The van der Waals surface area contributed by atoms with E-state index in [0.29, 0.717) is 12.0 Å². The number of aryl methyl sites for hydroxylation is 1. The van der Waals surface area contributed by atoms with Gasteiger partial charge in [-0.3, -0.25) is 0 Å². The van der Waals surface area contributed by atoms with Crippen molar-refractivity contribution in [3.05, 3.63) is 46.1 Å². The van der Waals surface area contributed by atoms with Gasteiger partial charge in [-0.1, -0.05) is 36.1 Å². The molecule has 0 aromatic heterocycles. The van der Waals surface area contributed by atoms with Crippen LogP contribution in [0.1, 0.15) is 65.0 Å². The Labute approximate surface area is 135 Å². The van der Waals surface area contributed by atoms with E-state index in [-0.39, 0.29) is 11.5 Å². The van der Waals surface area contributed by atoms with Gasteiger partial charge in [-0.05, 0) is 64.7 Å². The Morgan fingerprint density at radius 1 is 1.00 bits per heavy atom. The molecule has 2 N–H and O–H groups in total. The molecule has 0 atom stereocenters. The molecule has 2 heteroatoms. The number of phenols is 2. The summed E-state index contributed by atoms with van der Waals surface area (Å²) in [7, 11) is 0. The molecule has 0 saturated carbocycles. The minimum absolute atomic E-state index is 0.208. The molecule has 0 bridgehead atoms. The van der Waals surface area contributed by atoms with Crippen molar-refractivity contribution in [3.63, 3.8) is 0 Å². The van der Waals surface area contributed by atoms with Crippen LogP contribution in [-0.4, -0.2) is 10.2 Å². The molecule has 2 nitrogen and oxygen atoms in total. The second-order valence-corrected chi connectivity index (χ2v) is 6.42. The topological polar surface area (TPSA) is 40.5 Å². The van der Waals surface area contributed by atoms with Crippen molar-refractivity contribution in [2.75, 3.05) is 0 Å². The molecule has 22 heavy (non-hydrogen) atoms. The number of phenolic OH excluding ortho intramolecular Hbond substituents is 2. The maximum absolute atomic E-state index is 10.2. The molecule has 0 aliphatic heterocycles. The van der Waals surface area contributed by atoms with Crippen LogP contribution in [0.2, 0.25) is 0 Å². The minimum Gasteiger partial charge on any atom is -0.508 e. The number of allylic oxidation sites excluding steroid dienone is 4. The average molecular weight is 302 g/mol. The van der Waals surface area contributed by atoms with Gasteiger partial charge >= 0.3 is 0 Å². The van der Waals surface area contributed by atoms with E-state index >= 15 is 0 Å². The maximum Gasteiger partial charge on any atom is 0.123 e. The lowest BCUT2D eigenvalue weighted by Crippen LogP contribution is -1.95. The smallest absolute Gasteiger partial charge is 0.123 e. The first kappa shape index (κ1) is 18.3. The van der Waals surface area contributed by atoms with Gasteiger partial charge in [0.2, 0.25) is 0 Å². The van der Waals surface area contributed by atoms with Crippen molar-refractivity contribution in [2.24, 2.45) is 0 Å². The third kappa shape index (κ3) is 5.59. The van der Waals surface area contributed by atoms with Gasteiger partial charge in [-0.15, -0.1) is 0 Å². The van der Waals surface area contributed by atoms with Gasteiger partial charge in [0.15, 0.2) is 0 Å². The normalized spacial score (nSPS) is 12.0. The monoisotopic (exact) mass is 302 g/mol. The average Bonchev–Trinajstić information content (AvgIpc) is 2.42. The molecule has 0 saturated heterocycles. The Balaban J connectivity index is 2.87. The Hall–Kier alpha value is -1.70. The van der Waals surface area contributed by atoms with E-state index in [1.54, 1.807) is 12.1 Å². The van der Waals surface area contributed by atoms with Gasteiger partial charge < -0.3 is 10.2 Å². The number of benzene rings is 1. The van der Waals surface area contributed by atoms with Crippen molar-refractivity contribution in [3.8, 4) is 11.5 Å². The Morgan fingerprint density at radius 2 is 1.59 bits per heavy atom. The number of rotatable bonds is 7. The summed E-state index contributed by atoms with van der Waals surface area (Å²) in [6.07, 6.45) is 6.78. The lowest BCUT2D eigenvalue weighted by molar-refractivity contribution is 0.438. The molecule has 1 rings (SSSR count). The summed E-state index contributed by atoms with van der Waals surface area (Å²) in [5, 5.41) is 20.4. The summed E-state index contributed by atoms with van der Waals surface area (Å²) >= 11 is 0. The lowest BCUT2D eigenvalue weighted by atomic mass is 9.96. The molecule has 0 fully saturated rings. The van der Waals surface area contributed by atoms with Gasteiger partial charge in [0.1, 0.15) is 11.5 Å². The Bertz CT molecular complexity index is 538. The first-order valence-electron chi connectivity index (χ1n) is 8.17. The molecule has 0 heterocycles. The summed E-state index contributed by atoms with van der Waals surface area (Å²) in [5.41, 5.74) is 5.51. The van der Waals surface area contributed by atoms with Gasteiger partial charge in [-0.2, -0.15) is 0 Å². The standard InChI is InChI=1S/C20H30O2/c1-6-8-17-12-19(21)18(20(22)13-17)11-16(5)15(4)10-7-9-14(2)3/h9,12-13,21-22H,6-8,10-11H2,1-5H3/b16-15+. The van der Waals surface area contributed by atoms with Gasteiger partial charge in [0.05, 0.1) is 0 Å². The van der Waals surface area contributed by atoms with Crippen LogP contribution in [-0.2, 0) is 12.8 Å². The van der Waals surface area contributed by atoms with Crippen LogP contribution in [0.25, 0.3) is 0 Å². The highest BCUT2D eigenvalue weighted by Crippen LogP contribution is 2.32. The highest BCUT2D eigenvalue weighted by atomic mass is 16.3. The second-order valence-electron chi connectivity index (χ2n) is 6.42. The molecule has 0 aliphatic carbocycles. The van der Waals surface area contributed by atoms with E-state index in [1.807, 2.05) is 0 Å². The van der Waals surface area contributed by atoms with Crippen molar-refractivity contribution in [1.29, 1.82) is 0 Å². The largest absolute Gasteiger partial charge is 0.508 e. The zero-order valence-electron chi connectivity index (χ0n) is 14.7. The van der Waals surface area contributed by atoms with Crippen LogP contribution in [0, 0.1) is 0 Å². The predicted molar refractivity (Wildman–Crippen MR) is 94.5 cm³/mol. The fourth-order valence-corrected chi connectivity index (χ4v) is 2.52. The molecule has 0 amide bonds. The molecule has 122 valence electrons.